The van der Waals surface area contributed by atoms with E-state index in [-0.39, 0.29) is 11.9 Å². The van der Waals surface area contributed by atoms with Crippen LogP contribution in [0.3, 0.4) is 0 Å². The fourth-order valence-corrected chi connectivity index (χ4v) is 2.94. The quantitative estimate of drug-likeness (QED) is 0.779. The highest BCUT2D eigenvalue weighted by molar-refractivity contribution is 9.10. The van der Waals surface area contributed by atoms with Crippen LogP contribution in [0.4, 0.5) is 0 Å². The maximum atomic E-state index is 12.8. The van der Waals surface area contributed by atoms with Crippen LogP contribution in [0.15, 0.2) is 41.0 Å². The summed E-state index contributed by atoms with van der Waals surface area (Å²) in [6.45, 7) is 4.57. The minimum Gasteiger partial charge on any atom is -0.345 e. The molecule has 112 valence electrons. The van der Waals surface area contributed by atoms with E-state index in [0.29, 0.717) is 17.3 Å². The average Bonchev–Trinajstić information content (AvgIpc) is 2.74. The largest absolute Gasteiger partial charge is 0.345 e. The topological polar surface area (TPSA) is 25.2 Å². The number of carbonyl (C=O) groups is 1. The Morgan fingerprint density at radius 1 is 1.38 bits per heavy atom. The highest BCUT2D eigenvalue weighted by Gasteiger charge is 2.21. The molecule has 0 spiro atoms. The number of carbonyl (C=O) groups excluding carboxylic acids is 1. The van der Waals surface area contributed by atoms with Crippen molar-refractivity contribution in [3.05, 3.63) is 57.3 Å². The van der Waals surface area contributed by atoms with Crippen LogP contribution >= 0.6 is 27.5 Å². The molecule has 1 aromatic carbocycles. The summed E-state index contributed by atoms with van der Waals surface area (Å²) in [7, 11) is 1.87. The standard InChI is InChI=1S/C16H18BrClN2O/c1-11(2)20(9-12-5-4-6-14(18)7-12)16(21)15-8-13(17)10-19(15)3/h4-8,10-11H,9H2,1-3H3. The predicted molar refractivity (Wildman–Crippen MR) is 89.6 cm³/mol. The monoisotopic (exact) mass is 368 g/mol. The highest BCUT2D eigenvalue weighted by atomic mass is 79.9. The Hall–Kier alpha value is -1.26. The molecule has 0 saturated heterocycles. The minimum atomic E-state index is 0.0122. The van der Waals surface area contributed by atoms with Gasteiger partial charge in [-0.2, -0.15) is 0 Å². The lowest BCUT2D eigenvalue weighted by Gasteiger charge is -2.27. The Kier molecular flexibility index (Phi) is 5.12. The maximum Gasteiger partial charge on any atom is 0.271 e. The van der Waals surface area contributed by atoms with Crippen molar-refractivity contribution in [2.24, 2.45) is 7.05 Å². The molecule has 21 heavy (non-hydrogen) atoms. The van der Waals surface area contributed by atoms with Gasteiger partial charge < -0.3 is 9.47 Å². The third-order valence-electron chi connectivity index (χ3n) is 3.32. The third kappa shape index (κ3) is 3.89. The molecular weight excluding hydrogens is 352 g/mol. The van der Waals surface area contributed by atoms with Crippen LogP contribution in [0.5, 0.6) is 0 Å². The SMILES string of the molecule is CC(C)N(Cc1cccc(Cl)c1)C(=O)c1cc(Br)cn1C. The fraction of sp³-hybridized carbons (Fsp3) is 0.312. The van der Waals surface area contributed by atoms with E-state index < -0.39 is 0 Å². The maximum absolute atomic E-state index is 12.8. The molecule has 0 bridgehead atoms. The van der Waals surface area contributed by atoms with Crippen molar-refractivity contribution in [2.75, 3.05) is 0 Å². The molecule has 0 aliphatic carbocycles. The summed E-state index contributed by atoms with van der Waals surface area (Å²) in [5.41, 5.74) is 1.69. The molecule has 2 rings (SSSR count). The summed E-state index contributed by atoms with van der Waals surface area (Å²) >= 11 is 9.42. The Bertz CT molecular complexity index is 651. The van der Waals surface area contributed by atoms with Gasteiger partial charge in [-0.3, -0.25) is 4.79 Å². The number of hydrogen-bond acceptors (Lipinski definition) is 1. The summed E-state index contributed by atoms with van der Waals surface area (Å²) in [5.74, 6) is 0.0122. The van der Waals surface area contributed by atoms with Crippen molar-refractivity contribution in [1.82, 2.24) is 9.47 Å². The number of nitrogens with zero attached hydrogens (tertiary/aromatic N) is 2. The zero-order valence-electron chi connectivity index (χ0n) is 12.3. The smallest absolute Gasteiger partial charge is 0.271 e. The molecule has 2 aromatic rings. The van der Waals surface area contributed by atoms with Crippen LogP contribution in [0.25, 0.3) is 0 Å². The fourth-order valence-electron chi connectivity index (χ4n) is 2.20. The molecule has 1 amide bonds. The van der Waals surface area contributed by atoms with Crippen LogP contribution in [0.2, 0.25) is 5.02 Å². The molecule has 0 N–H and O–H groups in total. The molecule has 0 fully saturated rings. The Morgan fingerprint density at radius 3 is 2.62 bits per heavy atom. The first-order valence-electron chi connectivity index (χ1n) is 6.75. The molecule has 1 aromatic heterocycles. The molecule has 5 heteroatoms. The Balaban J connectivity index is 2.27. The molecule has 0 aliphatic rings. The Morgan fingerprint density at radius 2 is 2.10 bits per heavy atom. The number of rotatable bonds is 4. The van der Waals surface area contributed by atoms with Gasteiger partial charge in [-0.15, -0.1) is 0 Å². The first kappa shape index (κ1) is 16.1. The van der Waals surface area contributed by atoms with Crippen LogP contribution in [-0.2, 0) is 13.6 Å². The second kappa shape index (κ2) is 6.67. The van der Waals surface area contributed by atoms with E-state index in [1.165, 1.54) is 0 Å². The van der Waals surface area contributed by atoms with Crippen LogP contribution in [0.1, 0.15) is 29.9 Å². The van der Waals surface area contributed by atoms with E-state index >= 15 is 0 Å². The first-order valence-corrected chi connectivity index (χ1v) is 7.93. The van der Waals surface area contributed by atoms with Crippen molar-refractivity contribution in [3.63, 3.8) is 0 Å². The van der Waals surface area contributed by atoms with Crippen molar-refractivity contribution < 1.29 is 4.79 Å². The molecule has 1 heterocycles. The minimum absolute atomic E-state index is 0.0122. The lowest BCUT2D eigenvalue weighted by molar-refractivity contribution is 0.0680. The second-order valence-corrected chi connectivity index (χ2v) is 6.66. The van der Waals surface area contributed by atoms with Crippen molar-refractivity contribution in [3.8, 4) is 0 Å². The van der Waals surface area contributed by atoms with E-state index in [1.54, 1.807) is 0 Å². The molecular formula is C16H18BrClN2O. The number of aromatic nitrogens is 1. The second-order valence-electron chi connectivity index (χ2n) is 5.31. The van der Waals surface area contributed by atoms with E-state index in [0.717, 1.165) is 10.0 Å². The van der Waals surface area contributed by atoms with E-state index in [2.05, 4.69) is 15.9 Å². The van der Waals surface area contributed by atoms with E-state index in [4.69, 9.17) is 11.6 Å². The number of benzene rings is 1. The molecule has 0 aliphatic heterocycles. The third-order valence-corrected chi connectivity index (χ3v) is 3.99. The number of hydrogen-bond donors (Lipinski definition) is 0. The first-order chi connectivity index (χ1) is 9.88. The van der Waals surface area contributed by atoms with Gasteiger partial charge >= 0.3 is 0 Å². The van der Waals surface area contributed by atoms with Crippen molar-refractivity contribution in [2.45, 2.75) is 26.4 Å². The molecule has 0 saturated carbocycles. The molecule has 0 radical (unpaired) electrons. The Labute approximate surface area is 138 Å². The molecule has 0 atom stereocenters. The number of halogens is 2. The number of amides is 1. The summed E-state index contributed by atoms with van der Waals surface area (Å²) in [4.78, 5) is 14.6. The van der Waals surface area contributed by atoms with Crippen molar-refractivity contribution >= 4 is 33.4 Å². The van der Waals surface area contributed by atoms with Gasteiger partial charge in [-0.1, -0.05) is 23.7 Å². The highest BCUT2D eigenvalue weighted by Crippen LogP contribution is 2.19. The normalized spacial score (nSPS) is 11.0. The average molecular weight is 370 g/mol. The summed E-state index contributed by atoms with van der Waals surface area (Å²) in [6.07, 6.45) is 1.88. The van der Waals surface area contributed by atoms with Gasteiger partial charge in [0.05, 0.1) is 0 Å². The van der Waals surface area contributed by atoms with Gasteiger partial charge in [0.25, 0.3) is 5.91 Å². The summed E-state index contributed by atoms with van der Waals surface area (Å²) < 4.78 is 2.74. The van der Waals surface area contributed by atoms with Crippen molar-refractivity contribution in [1.29, 1.82) is 0 Å². The predicted octanol–water partition coefficient (Wildman–Crippen LogP) is 4.49. The lowest BCUT2D eigenvalue weighted by atomic mass is 10.1. The van der Waals surface area contributed by atoms with Gasteiger partial charge in [0.15, 0.2) is 0 Å². The summed E-state index contributed by atoms with van der Waals surface area (Å²) in [5, 5.41) is 0.685. The number of aryl methyl sites for hydroxylation is 1. The van der Waals surface area contributed by atoms with Crippen LogP contribution in [-0.4, -0.2) is 21.4 Å². The molecule has 3 nitrogen and oxygen atoms in total. The van der Waals surface area contributed by atoms with Gasteiger partial charge in [-0.25, -0.2) is 0 Å². The van der Waals surface area contributed by atoms with E-state index in [9.17, 15) is 4.79 Å². The van der Waals surface area contributed by atoms with Gasteiger partial charge in [-0.05, 0) is 53.5 Å². The molecule has 0 unspecified atom stereocenters. The van der Waals surface area contributed by atoms with Crippen LogP contribution < -0.4 is 0 Å². The van der Waals surface area contributed by atoms with E-state index in [1.807, 2.05) is 66.9 Å². The van der Waals surface area contributed by atoms with Gasteiger partial charge in [0.2, 0.25) is 0 Å². The van der Waals surface area contributed by atoms with Crippen LogP contribution in [0, 0.1) is 0 Å². The lowest BCUT2D eigenvalue weighted by Crippen LogP contribution is -2.37. The van der Waals surface area contributed by atoms with Gasteiger partial charge in [0, 0.05) is 35.3 Å². The zero-order chi connectivity index (χ0) is 15.6. The van der Waals surface area contributed by atoms with Gasteiger partial charge in [0.1, 0.15) is 5.69 Å². The zero-order valence-corrected chi connectivity index (χ0v) is 14.6. The summed E-state index contributed by atoms with van der Waals surface area (Å²) in [6, 6.07) is 9.56.